The van der Waals surface area contributed by atoms with Gasteiger partial charge in [-0.3, -0.25) is 5.10 Å². The largest absolute Gasteiger partial charge is 0.598 e. The van der Waals surface area contributed by atoms with Crippen LogP contribution >= 0.6 is 0 Å². The van der Waals surface area contributed by atoms with Crippen LogP contribution in [0.15, 0.2) is 29.7 Å². The second-order valence-electron chi connectivity index (χ2n) is 2.72. The fourth-order valence-electron chi connectivity index (χ4n) is 1.12. The van der Waals surface area contributed by atoms with E-state index in [0.29, 0.717) is 10.6 Å². The van der Waals surface area contributed by atoms with Gasteiger partial charge >= 0.3 is 0 Å². The van der Waals surface area contributed by atoms with E-state index >= 15 is 0 Å². The number of hydrogen-bond donors (Lipinski definition) is 1. The van der Waals surface area contributed by atoms with E-state index in [1.807, 2.05) is 6.07 Å². The van der Waals surface area contributed by atoms with E-state index in [-0.39, 0.29) is 0 Å². The molecule has 1 N–H and O–H groups in total. The minimum atomic E-state index is 0.346. The van der Waals surface area contributed by atoms with E-state index in [1.165, 1.54) is 7.05 Å². The summed E-state index contributed by atoms with van der Waals surface area (Å²) in [6, 6.07) is 5.36. The van der Waals surface area contributed by atoms with E-state index < -0.39 is 0 Å². The predicted octanol–water partition coefficient (Wildman–Crippen LogP) is 1.45. The van der Waals surface area contributed by atoms with Crippen molar-refractivity contribution in [3.63, 3.8) is 0 Å². The Hall–Kier alpha value is -2.11. The number of benzene rings is 1. The summed E-state index contributed by atoms with van der Waals surface area (Å²) in [7, 11) is 1.25. The van der Waals surface area contributed by atoms with Crippen molar-refractivity contribution in [2.45, 2.75) is 0 Å². The number of hydrogen-bond acceptors (Lipinski definition) is 4. The molecule has 0 aliphatic heterocycles. The van der Waals surface area contributed by atoms with Gasteiger partial charge < -0.3 is 10.0 Å². The molecule has 0 radical (unpaired) electrons. The number of rotatable bonds is 2. The minimum absolute atomic E-state index is 0.346. The molecule has 0 aliphatic carbocycles. The highest BCUT2D eigenvalue weighted by atomic mass is 16.7. The first-order valence-electron chi connectivity index (χ1n) is 3.98. The Bertz CT molecular complexity index is 473. The third kappa shape index (κ3) is 1.49. The Morgan fingerprint density at radius 1 is 1.57 bits per heavy atom. The van der Waals surface area contributed by atoms with Crippen LogP contribution < -0.4 is 4.84 Å². The van der Waals surface area contributed by atoms with Crippen molar-refractivity contribution in [3.05, 3.63) is 29.6 Å². The number of hydroxylamine groups is 1. The zero-order valence-electron chi connectivity index (χ0n) is 7.47. The van der Waals surface area contributed by atoms with Crippen LogP contribution in [0.2, 0.25) is 0 Å². The zero-order valence-corrected chi connectivity index (χ0v) is 7.47. The van der Waals surface area contributed by atoms with Gasteiger partial charge in [-0.05, 0) is 12.1 Å². The van der Waals surface area contributed by atoms with Gasteiger partial charge in [0.15, 0.2) is 12.8 Å². The molecule has 0 spiro atoms. The average molecular weight is 192 g/mol. The van der Waals surface area contributed by atoms with Crippen molar-refractivity contribution in [2.75, 3.05) is 7.05 Å². The van der Waals surface area contributed by atoms with Gasteiger partial charge in [0.05, 0.1) is 17.1 Å². The van der Waals surface area contributed by atoms with Crippen molar-refractivity contribution in [1.29, 1.82) is 0 Å². The smallest absolute Gasteiger partial charge is 0.205 e. The Kier molecular flexibility index (Phi) is 2.02. The minimum Gasteiger partial charge on any atom is -0.598 e. The van der Waals surface area contributed by atoms with Crippen molar-refractivity contribution in [3.8, 4) is 5.75 Å². The maximum Gasteiger partial charge on any atom is 0.205 e. The van der Waals surface area contributed by atoms with Crippen LogP contribution in [0, 0.1) is 5.21 Å². The van der Waals surface area contributed by atoms with E-state index in [2.05, 4.69) is 15.5 Å². The maximum absolute atomic E-state index is 10.5. The topological polar surface area (TPSA) is 76.3 Å². The van der Waals surface area contributed by atoms with Gasteiger partial charge in [0, 0.05) is 0 Å². The molecule has 14 heavy (non-hydrogen) atoms. The van der Waals surface area contributed by atoms with Crippen molar-refractivity contribution >= 4 is 10.9 Å². The lowest BCUT2D eigenvalue weighted by Crippen LogP contribution is -1.93. The molecule has 0 amide bonds. The van der Waals surface area contributed by atoms with Gasteiger partial charge in [-0.1, -0.05) is 10.9 Å². The first-order chi connectivity index (χ1) is 6.77. The lowest BCUT2D eigenvalue weighted by molar-refractivity contribution is -0.522. The molecule has 0 saturated heterocycles. The second kappa shape index (κ2) is 3.33. The summed E-state index contributed by atoms with van der Waals surface area (Å²) < 4.78 is 0. The van der Waals surface area contributed by atoms with Crippen molar-refractivity contribution < 1.29 is 9.70 Å². The summed E-state index contributed by atoms with van der Waals surface area (Å²) in [6.45, 7) is 0. The van der Waals surface area contributed by atoms with E-state index in [1.54, 1.807) is 18.3 Å². The Balaban J connectivity index is 2.41. The molecule has 0 unspecified atom stereocenters. The van der Waals surface area contributed by atoms with Gasteiger partial charge in [-0.15, -0.1) is 0 Å². The van der Waals surface area contributed by atoms with Gasteiger partial charge in [-0.25, -0.2) is 0 Å². The monoisotopic (exact) mass is 192 g/mol. The molecule has 0 aliphatic rings. The molecule has 0 atom stereocenters. The normalized spacial score (nSPS) is 11.9. The summed E-state index contributed by atoms with van der Waals surface area (Å²) in [6.07, 6.45) is 1.62. The first kappa shape index (κ1) is 8.49. The third-order valence-electron chi connectivity index (χ3n) is 1.70. The molecule has 2 aromatic rings. The van der Waals surface area contributed by atoms with Crippen LogP contribution in [0.25, 0.3) is 10.9 Å². The molecule has 72 valence electrons. The number of nitrogens with one attached hydrogen (secondary N) is 1. The van der Waals surface area contributed by atoms with Gasteiger partial charge in [-0.2, -0.15) is 5.10 Å². The summed E-state index contributed by atoms with van der Waals surface area (Å²) in [5.41, 5.74) is 0.839. The number of aromatic nitrogens is 2. The quantitative estimate of drug-likeness (QED) is 0.444. The molecule has 0 bridgehead atoms. The van der Waals surface area contributed by atoms with Crippen LogP contribution in [0.5, 0.6) is 5.75 Å². The maximum atomic E-state index is 10.5. The van der Waals surface area contributed by atoms with Crippen LogP contribution in [0.4, 0.5) is 0 Å². The first-order valence-corrected chi connectivity index (χ1v) is 3.98. The molecule has 0 saturated carbocycles. The fraction of sp³-hybridized carbons (Fsp3) is 0.125. The molecular weight excluding hydrogens is 184 g/mol. The van der Waals surface area contributed by atoms with Crippen LogP contribution in [0.3, 0.4) is 0 Å². The molecule has 1 heterocycles. The zero-order chi connectivity index (χ0) is 9.97. The Morgan fingerprint density at radius 2 is 2.43 bits per heavy atom. The Morgan fingerprint density at radius 3 is 3.21 bits per heavy atom. The third-order valence-corrected chi connectivity index (χ3v) is 1.70. The lowest BCUT2D eigenvalue weighted by Gasteiger charge is -1.97. The van der Waals surface area contributed by atoms with Crippen LogP contribution in [-0.2, 0) is 0 Å². The standard InChI is InChI=1S/C8H8N4O2/c1-12(13)11-14-8-4-2-3-7-6(8)5-9-10-7/h2-5H,1H3,(H,9,10). The van der Waals surface area contributed by atoms with Crippen LogP contribution in [-0.4, -0.2) is 22.1 Å². The fourth-order valence-corrected chi connectivity index (χ4v) is 1.12. The van der Waals surface area contributed by atoms with E-state index in [9.17, 15) is 5.21 Å². The molecule has 2 rings (SSSR count). The van der Waals surface area contributed by atoms with Crippen LogP contribution in [0.1, 0.15) is 0 Å². The summed E-state index contributed by atoms with van der Waals surface area (Å²) in [5.74, 6) is 0.499. The molecule has 1 aromatic heterocycles. The summed E-state index contributed by atoms with van der Waals surface area (Å²) in [4.78, 5) is 5.26. The van der Waals surface area contributed by atoms with Gasteiger partial charge in [0.1, 0.15) is 0 Å². The predicted molar refractivity (Wildman–Crippen MR) is 48.7 cm³/mol. The molecular formula is C8H8N4O2. The van der Waals surface area contributed by atoms with E-state index in [4.69, 9.17) is 4.84 Å². The highest BCUT2D eigenvalue weighted by Gasteiger charge is 2.03. The van der Waals surface area contributed by atoms with Crippen molar-refractivity contribution in [2.24, 2.45) is 5.28 Å². The average Bonchev–Trinajstić information content (AvgIpc) is 2.62. The molecule has 0 fully saturated rings. The number of aromatic amines is 1. The number of fused-ring (bicyclic) bond motifs is 1. The van der Waals surface area contributed by atoms with E-state index in [0.717, 1.165) is 10.9 Å². The van der Waals surface area contributed by atoms with Gasteiger partial charge in [0.2, 0.25) is 5.28 Å². The highest BCUT2D eigenvalue weighted by molar-refractivity contribution is 5.84. The highest BCUT2D eigenvalue weighted by Crippen LogP contribution is 2.23. The Labute approximate surface area is 79.3 Å². The molecule has 6 heteroatoms. The van der Waals surface area contributed by atoms with Crippen molar-refractivity contribution in [1.82, 2.24) is 10.2 Å². The molecule has 1 aromatic carbocycles. The SMILES string of the molecule is C[N+]([O-])=NOc1cccc2[nH]ncc12. The molecule has 6 nitrogen and oxygen atoms in total. The lowest BCUT2D eigenvalue weighted by atomic mass is 10.2. The van der Waals surface area contributed by atoms with Gasteiger partial charge in [0.25, 0.3) is 0 Å². The summed E-state index contributed by atoms with van der Waals surface area (Å²) in [5, 5.41) is 21.2. The number of nitrogens with zero attached hydrogens (tertiary/aromatic N) is 3. The summed E-state index contributed by atoms with van der Waals surface area (Å²) >= 11 is 0. The number of H-pyrrole nitrogens is 1. The second-order valence-corrected chi connectivity index (χ2v) is 2.72.